The third-order valence-electron chi connectivity index (χ3n) is 5.41. The Bertz CT molecular complexity index is 690. The van der Waals surface area contributed by atoms with Crippen molar-refractivity contribution in [2.45, 2.75) is 37.3 Å². The molecule has 24 heavy (non-hydrogen) atoms. The predicted octanol–water partition coefficient (Wildman–Crippen LogP) is 1.85. The van der Waals surface area contributed by atoms with E-state index >= 15 is 0 Å². The molecule has 1 unspecified atom stereocenters. The molecular weight excluding hydrogens is 331 g/mol. The van der Waals surface area contributed by atoms with Gasteiger partial charge in [0.15, 0.2) is 0 Å². The van der Waals surface area contributed by atoms with Crippen LogP contribution in [0.2, 0.25) is 0 Å². The first-order chi connectivity index (χ1) is 11.2. The number of hydrogen-bond acceptors (Lipinski definition) is 4. The van der Waals surface area contributed by atoms with E-state index in [4.69, 9.17) is 4.74 Å². The van der Waals surface area contributed by atoms with Gasteiger partial charge >= 0.3 is 0 Å². The van der Waals surface area contributed by atoms with Crippen molar-refractivity contribution in [3.8, 4) is 0 Å². The number of fused-ring (bicyclic) bond motifs is 1. The largest absolute Gasteiger partial charge is 0.377 e. The Kier molecular flexibility index (Phi) is 4.72. The molecule has 1 aliphatic carbocycles. The van der Waals surface area contributed by atoms with Crippen LogP contribution in [0, 0.1) is 17.2 Å². The molecule has 1 saturated heterocycles. The molecule has 1 heterocycles. The fourth-order valence-electron chi connectivity index (χ4n) is 4.02. The minimum absolute atomic E-state index is 0.0789. The van der Waals surface area contributed by atoms with Gasteiger partial charge < -0.3 is 10.1 Å². The lowest BCUT2D eigenvalue weighted by atomic mass is 9.57. The van der Waals surface area contributed by atoms with Crippen molar-refractivity contribution >= 4 is 10.0 Å². The zero-order chi connectivity index (χ0) is 17.5. The van der Waals surface area contributed by atoms with Crippen LogP contribution in [0.15, 0.2) is 29.2 Å². The molecule has 1 aromatic carbocycles. The molecule has 1 aliphatic heterocycles. The molecule has 1 aromatic rings. The Labute approximate surface area is 143 Å². The van der Waals surface area contributed by atoms with Crippen molar-refractivity contribution in [1.82, 2.24) is 9.62 Å². The molecule has 0 radical (unpaired) electrons. The summed E-state index contributed by atoms with van der Waals surface area (Å²) in [6.07, 6.45) is 1.38. The summed E-state index contributed by atoms with van der Waals surface area (Å²) in [6, 6.07) is 5.27. The van der Waals surface area contributed by atoms with Gasteiger partial charge in [-0.15, -0.1) is 0 Å². The van der Waals surface area contributed by atoms with E-state index in [1.54, 1.807) is 7.05 Å². The molecule has 1 N–H and O–H groups in total. The Morgan fingerprint density at radius 2 is 2.00 bits per heavy atom. The van der Waals surface area contributed by atoms with Crippen molar-refractivity contribution < 1.29 is 17.5 Å². The summed E-state index contributed by atoms with van der Waals surface area (Å²) in [6.45, 7) is 6.14. The molecule has 0 bridgehead atoms. The van der Waals surface area contributed by atoms with Gasteiger partial charge in [-0.2, -0.15) is 4.31 Å². The standard InChI is InChI=1S/C17H25FN2O3S/c1-17(2)15(14-8-11-23-16(14)17)19-9-10-20(3)24(21,22)13-6-4-12(18)5-7-13/h4-7,14-16,19H,8-11H2,1-3H3/t14-,15?,16-/m0/s1. The van der Waals surface area contributed by atoms with Crippen molar-refractivity contribution in [3.05, 3.63) is 30.1 Å². The number of likely N-dealkylation sites (N-methyl/N-ethyl adjacent to an activating group) is 1. The first-order valence-corrected chi connectivity index (χ1v) is 9.75. The van der Waals surface area contributed by atoms with E-state index in [-0.39, 0.29) is 10.3 Å². The molecule has 3 rings (SSSR count). The highest BCUT2D eigenvalue weighted by atomic mass is 32.2. The second-order valence-electron chi connectivity index (χ2n) is 7.28. The van der Waals surface area contributed by atoms with Crippen LogP contribution < -0.4 is 5.32 Å². The van der Waals surface area contributed by atoms with E-state index in [0.717, 1.165) is 25.2 Å². The molecule has 134 valence electrons. The van der Waals surface area contributed by atoms with Crippen molar-refractivity contribution in [2.75, 3.05) is 26.7 Å². The zero-order valence-electron chi connectivity index (χ0n) is 14.3. The van der Waals surface area contributed by atoms with E-state index < -0.39 is 15.8 Å². The van der Waals surface area contributed by atoms with Crippen LogP contribution in [0.25, 0.3) is 0 Å². The minimum atomic E-state index is -3.59. The normalized spacial score (nSPS) is 28.6. The molecule has 3 atom stereocenters. The fraction of sp³-hybridized carbons (Fsp3) is 0.647. The van der Waals surface area contributed by atoms with E-state index in [2.05, 4.69) is 19.2 Å². The third-order valence-corrected chi connectivity index (χ3v) is 7.28. The Hall–Kier alpha value is -1.02. The molecule has 5 nitrogen and oxygen atoms in total. The lowest BCUT2D eigenvalue weighted by Gasteiger charge is -2.55. The monoisotopic (exact) mass is 356 g/mol. The maximum absolute atomic E-state index is 13.0. The first kappa shape index (κ1) is 17.8. The molecule has 7 heteroatoms. The molecule has 2 aliphatic rings. The quantitative estimate of drug-likeness (QED) is 0.845. The number of rotatable bonds is 6. The van der Waals surface area contributed by atoms with E-state index in [0.29, 0.717) is 31.2 Å². The number of nitrogens with zero attached hydrogens (tertiary/aromatic N) is 1. The molecule has 1 saturated carbocycles. The van der Waals surface area contributed by atoms with Gasteiger partial charge in [-0.1, -0.05) is 13.8 Å². The van der Waals surface area contributed by atoms with Gasteiger partial charge in [0.05, 0.1) is 11.0 Å². The molecule has 0 spiro atoms. The number of benzene rings is 1. The molecular formula is C17H25FN2O3S. The number of sulfonamides is 1. The lowest BCUT2D eigenvalue weighted by Crippen LogP contribution is -2.66. The number of ether oxygens (including phenoxy) is 1. The van der Waals surface area contributed by atoms with Crippen molar-refractivity contribution in [2.24, 2.45) is 11.3 Å². The lowest BCUT2D eigenvalue weighted by molar-refractivity contribution is -0.112. The van der Waals surface area contributed by atoms with E-state index in [1.165, 1.54) is 16.4 Å². The zero-order valence-corrected chi connectivity index (χ0v) is 15.1. The highest BCUT2D eigenvalue weighted by Gasteiger charge is 2.58. The van der Waals surface area contributed by atoms with Crippen molar-refractivity contribution in [3.63, 3.8) is 0 Å². The van der Waals surface area contributed by atoms with Crippen LogP contribution in [-0.4, -0.2) is 51.6 Å². The second kappa shape index (κ2) is 6.37. The highest BCUT2D eigenvalue weighted by Crippen LogP contribution is 2.51. The molecule has 0 aromatic heterocycles. The topological polar surface area (TPSA) is 58.6 Å². The summed E-state index contributed by atoms with van der Waals surface area (Å²) in [4.78, 5) is 0.111. The molecule has 2 fully saturated rings. The van der Waals surface area contributed by atoms with Gasteiger partial charge in [0, 0.05) is 44.1 Å². The van der Waals surface area contributed by atoms with Gasteiger partial charge in [0.2, 0.25) is 10.0 Å². The van der Waals surface area contributed by atoms with Gasteiger partial charge in [-0.25, -0.2) is 12.8 Å². The molecule has 0 amide bonds. The van der Waals surface area contributed by atoms with Crippen LogP contribution in [0.5, 0.6) is 0 Å². The van der Waals surface area contributed by atoms with E-state index in [1.807, 2.05) is 0 Å². The summed E-state index contributed by atoms with van der Waals surface area (Å²) < 4.78 is 45.0. The predicted molar refractivity (Wildman–Crippen MR) is 89.6 cm³/mol. The number of nitrogens with one attached hydrogen (secondary N) is 1. The van der Waals surface area contributed by atoms with Crippen LogP contribution in [0.3, 0.4) is 0 Å². The van der Waals surface area contributed by atoms with Crippen LogP contribution in [-0.2, 0) is 14.8 Å². The fourth-order valence-corrected chi connectivity index (χ4v) is 5.19. The Morgan fingerprint density at radius 1 is 1.33 bits per heavy atom. The summed E-state index contributed by atoms with van der Waals surface area (Å²) in [7, 11) is -2.04. The Morgan fingerprint density at radius 3 is 2.67 bits per heavy atom. The average Bonchev–Trinajstić information content (AvgIpc) is 2.98. The second-order valence-corrected chi connectivity index (χ2v) is 9.32. The highest BCUT2D eigenvalue weighted by molar-refractivity contribution is 7.89. The van der Waals surface area contributed by atoms with E-state index in [9.17, 15) is 12.8 Å². The van der Waals surface area contributed by atoms with Gasteiger partial charge in [-0.3, -0.25) is 0 Å². The van der Waals surface area contributed by atoms with Crippen LogP contribution >= 0.6 is 0 Å². The van der Waals surface area contributed by atoms with Gasteiger partial charge in [0.1, 0.15) is 5.82 Å². The van der Waals surface area contributed by atoms with Crippen molar-refractivity contribution in [1.29, 1.82) is 0 Å². The van der Waals surface area contributed by atoms with Gasteiger partial charge in [-0.05, 0) is 30.7 Å². The van der Waals surface area contributed by atoms with Crippen LogP contribution in [0.1, 0.15) is 20.3 Å². The van der Waals surface area contributed by atoms with Crippen LogP contribution in [0.4, 0.5) is 4.39 Å². The van der Waals surface area contributed by atoms with Gasteiger partial charge in [0.25, 0.3) is 0 Å². The summed E-state index contributed by atoms with van der Waals surface area (Å²) in [5.74, 6) is 0.0813. The SMILES string of the molecule is CN(CCNC1[C@@H]2CCO[C@@H]2C1(C)C)S(=O)(=O)c1ccc(F)cc1. The maximum Gasteiger partial charge on any atom is 0.242 e. The average molecular weight is 356 g/mol. The first-order valence-electron chi connectivity index (χ1n) is 8.31. The summed E-state index contributed by atoms with van der Waals surface area (Å²) in [5, 5.41) is 3.50. The number of hydrogen-bond donors (Lipinski definition) is 1. The third kappa shape index (κ3) is 2.98. The maximum atomic E-state index is 13.0. The Balaban J connectivity index is 1.56. The number of halogens is 1. The summed E-state index contributed by atoms with van der Waals surface area (Å²) >= 11 is 0. The minimum Gasteiger partial charge on any atom is -0.377 e. The smallest absolute Gasteiger partial charge is 0.242 e. The summed E-state index contributed by atoms with van der Waals surface area (Å²) in [5.41, 5.74) is 0.0789.